The molecule has 7 heteroatoms. The molecular weight excluding hydrogens is 388 g/mol. The third-order valence-corrected chi connectivity index (χ3v) is 5.55. The minimum Gasteiger partial charge on any atom is -0.370 e. The maximum absolute atomic E-state index is 6.65. The Kier molecular flexibility index (Phi) is 6.64. The second-order valence-electron chi connectivity index (χ2n) is 8.00. The molecule has 1 atom stereocenters. The van der Waals surface area contributed by atoms with Crippen LogP contribution in [-0.2, 0) is 4.74 Å². The Morgan fingerprint density at radius 2 is 2.03 bits per heavy atom. The van der Waals surface area contributed by atoms with E-state index in [1.165, 1.54) is 0 Å². The highest BCUT2D eigenvalue weighted by Crippen LogP contribution is 2.30. The molecular formula is C24H30N6O. The largest absolute Gasteiger partial charge is 0.370 e. The Hall–Kier alpha value is -3.16. The van der Waals surface area contributed by atoms with Crippen LogP contribution in [-0.4, -0.2) is 53.6 Å². The number of likely N-dealkylation sites (tertiary alicyclic amines) is 1. The predicted octanol–water partition coefficient (Wildman–Crippen LogP) is 3.05. The van der Waals surface area contributed by atoms with Crippen molar-refractivity contribution in [3.05, 3.63) is 71.6 Å². The van der Waals surface area contributed by atoms with Crippen LogP contribution in [0.25, 0.3) is 17.1 Å². The summed E-state index contributed by atoms with van der Waals surface area (Å²) in [5.74, 6) is 0.927. The van der Waals surface area contributed by atoms with E-state index in [1.807, 2.05) is 42.5 Å². The third-order valence-electron chi connectivity index (χ3n) is 5.55. The van der Waals surface area contributed by atoms with Crippen molar-refractivity contribution >= 4 is 23.1 Å². The summed E-state index contributed by atoms with van der Waals surface area (Å²) in [5.41, 5.74) is 14.9. The van der Waals surface area contributed by atoms with Gasteiger partial charge in [0.05, 0.1) is 23.7 Å². The molecule has 7 nitrogen and oxygen atoms in total. The van der Waals surface area contributed by atoms with E-state index >= 15 is 0 Å². The summed E-state index contributed by atoms with van der Waals surface area (Å²) in [5, 5.41) is 0. The van der Waals surface area contributed by atoms with Crippen LogP contribution in [0.5, 0.6) is 0 Å². The molecule has 0 saturated carbocycles. The number of hydrogen-bond acceptors (Lipinski definition) is 4. The second kappa shape index (κ2) is 9.76. The second-order valence-corrected chi connectivity index (χ2v) is 8.00. The van der Waals surface area contributed by atoms with E-state index in [2.05, 4.69) is 40.1 Å². The number of aliphatic imine (C=N–C) groups is 1. The van der Waals surface area contributed by atoms with Gasteiger partial charge in [-0.05, 0) is 49.2 Å². The number of piperidine rings is 1. The van der Waals surface area contributed by atoms with Gasteiger partial charge in [0, 0.05) is 13.1 Å². The molecule has 162 valence electrons. The molecule has 0 spiro atoms. The Morgan fingerprint density at radius 3 is 2.81 bits per heavy atom. The minimum atomic E-state index is -0.258. The molecule has 2 heterocycles. The first-order chi connectivity index (χ1) is 15.1. The Bertz CT molecular complexity index is 1030. The van der Waals surface area contributed by atoms with Crippen molar-refractivity contribution in [3.63, 3.8) is 0 Å². The van der Waals surface area contributed by atoms with Gasteiger partial charge in [0.2, 0.25) is 0 Å². The highest BCUT2D eigenvalue weighted by molar-refractivity contribution is 5.76. The average molecular weight is 419 g/mol. The monoisotopic (exact) mass is 418 g/mol. The van der Waals surface area contributed by atoms with Crippen molar-refractivity contribution in [2.75, 3.05) is 26.7 Å². The first-order valence-corrected chi connectivity index (χ1v) is 10.7. The highest BCUT2D eigenvalue weighted by atomic mass is 16.5. The maximum Gasteiger partial charge on any atom is 0.186 e. The average Bonchev–Trinajstić information content (AvgIpc) is 3.20. The van der Waals surface area contributed by atoms with E-state index in [0.717, 1.165) is 53.9 Å². The molecule has 0 amide bonds. The van der Waals surface area contributed by atoms with Crippen molar-refractivity contribution in [1.82, 2.24) is 14.9 Å². The summed E-state index contributed by atoms with van der Waals surface area (Å²) in [6.45, 7) is 2.54. The number of ether oxygens (including phenoxy) is 1. The van der Waals surface area contributed by atoms with E-state index in [9.17, 15) is 0 Å². The van der Waals surface area contributed by atoms with E-state index < -0.39 is 0 Å². The normalized spacial score (nSPS) is 16.7. The van der Waals surface area contributed by atoms with Crippen LogP contribution in [0, 0.1) is 0 Å². The number of rotatable bonds is 7. The summed E-state index contributed by atoms with van der Waals surface area (Å²) in [4.78, 5) is 14.6. The Labute approximate surface area is 182 Å². The molecule has 5 N–H and O–H groups in total. The molecule has 1 aliphatic heterocycles. The zero-order valence-electron chi connectivity index (χ0n) is 17.9. The standard InChI is InChI=1S/C24H30N6O/c1-30-14-11-19(12-15-30)31-22(23-28-20-9-2-3-10-21(20)29-23)18-8-4-6-17(16-18)7-5-13-27-24(25)26/h2-10,16,19,22H,11-15H2,1H3,(H,28,29)(H4,25,26,27)/b7-5+. The molecule has 2 aromatic carbocycles. The van der Waals surface area contributed by atoms with Crippen LogP contribution in [0.2, 0.25) is 0 Å². The molecule has 0 aliphatic carbocycles. The number of benzene rings is 2. The number of para-hydroxylation sites is 2. The predicted molar refractivity (Wildman–Crippen MR) is 126 cm³/mol. The number of nitrogens with two attached hydrogens (primary N) is 2. The van der Waals surface area contributed by atoms with Gasteiger partial charge in [0.1, 0.15) is 11.9 Å². The van der Waals surface area contributed by atoms with Crippen molar-refractivity contribution in [3.8, 4) is 0 Å². The zero-order valence-corrected chi connectivity index (χ0v) is 17.9. The quantitative estimate of drug-likeness (QED) is 0.404. The number of nitrogens with zero attached hydrogens (tertiary/aromatic N) is 3. The first-order valence-electron chi connectivity index (χ1n) is 10.7. The first kappa shape index (κ1) is 21.1. The van der Waals surface area contributed by atoms with Gasteiger partial charge in [0.25, 0.3) is 0 Å². The van der Waals surface area contributed by atoms with Gasteiger partial charge in [-0.2, -0.15) is 0 Å². The lowest BCUT2D eigenvalue weighted by atomic mass is 10.0. The third kappa shape index (κ3) is 5.51. The van der Waals surface area contributed by atoms with E-state index in [1.54, 1.807) is 0 Å². The maximum atomic E-state index is 6.65. The van der Waals surface area contributed by atoms with Gasteiger partial charge in [-0.25, -0.2) is 9.98 Å². The molecule has 0 radical (unpaired) electrons. The summed E-state index contributed by atoms with van der Waals surface area (Å²) in [6, 6.07) is 16.4. The van der Waals surface area contributed by atoms with E-state index in [-0.39, 0.29) is 18.2 Å². The van der Waals surface area contributed by atoms with Crippen LogP contribution in [0.4, 0.5) is 0 Å². The van der Waals surface area contributed by atoms with E-state index in [0.29, 0.717) is 6.54 Å². The van der Waals surface area contributed by atoms with Gasteiger partial charge in [-0.1, -0.05) is 42.5 Å². The van der Waals surface area contributed by atoms with Crippen molar-refractivity contribution in [2.45, 2.75) is 25.0 Å². The topological polar surface area (TPSA) is 106 Å². The van der Waals surface area contributed by atoms with Crippen LogP contribution >= 0.6 is 0 Å². The van der Waals surface area contributed by atoms with Gasteiger partial charge in [-0.3, -0.25) is 0 Å². The Morgan fingerprint density at radius 1 is 1.23 bits per heavy atom. The number of aromatic nitrogens is 2. The van der Waals surface area contributed by atoms with Crippen LogP contribution in [0.3, 0.4) is 0 Å². The summed E-state index contributed by atoms with van der Waals surface area (Å²) in [7, 11) is 2.16. The number of guanidine groups is 1. The molecule has 31 heavy (non-hydrogen) atoms. The summed E-state index contributed by atoms with van der Waals surface area (Å²) in [6.07, 6.45) is 5.94. The zero-order chi connectivity index (χ0) is 21.6. The molecule has 4 rings (SSSR count). The lowest BCUT2D eigenvalue weighted by molar-refractivity contribution is -0.0264. The van der Waals surface area contributed by atoms with Crippen LogP contribution < -0.4 is 11.5 Å². The number of aromatic amines is 1. The summed E-state index contributed by atoms with van der Waals surface area (Å²) >= 11 is 0. The fourth-order valence-electron chi connectivity index (χ4n) is 3.88. The lowest BCUT2D eigenvalue weighted by Gasteiger charge is -2.31. The lowest BCUT2D eigenvalue weighted by Crippen LogP contribution is -2.35. The van der Waals surface area contributed by atoms with Gasteiger partial charge < -0.3 is 26.1 Å². The van der Waals surface area contributed by atoms with E-state index in [4.69, 9.17) is 21.2 Å². The van der Waals surface area contributed by atoms with Crippen molar-refractivity contribution in [2.24, 2.45) is 16.5 Å². The van der Waals surface area contributed by atoms with Gasteiger partial charge >= 0.3 is 0 Å². The molecule has 1 saturated heterocycles. The van der Waals surface area contributed by atoms with Crippen LogP contribution in [0.15, 0.2) is 59.6 Å². The van der Waals surface area contributed by atoms with Crippen molar-refractivity contribution < 1.29 is 4.74 Å². The fourth-order valence-corrected chi connectivity index (χ4v) is 3.88. The number of nitrogens with one attached hydrogen (secondary N) is 1. The highest BCUT2D eigenvalue weighted by Gasteiger charge is 2.26. The fraction of sp³-hybridized carbons (Fsp3) is 0.333. The Balaban J connectivity index is 1.62. The smallest absolute Gasteiger partial charge is 0.186 e. The number of imidazole rings is 1. The summed E-state index contributed by atoms with van der Waals surface area (Å²) < 4.78 is 6.65. The molecule has 3 aromatic rings. The van der Waals surface area contributed by atoms with Gasteiger partial charge in [0.15, 0.2) is 5.96 Å². The molecule has 1 fully saturated rings. The molecule has 1 aromatic heterocycles. The molecule has 1 aliphatic rings. The minimum absolute atomic E-state index is 0.0925. The van der Waals surface area contributed by atoms with Crippen LogP contribution in [0.1, 0.15) is 35.9 Å². The van der Waals surface area contributed by atoms with Gasteiger partial charge in [-0.15, -0.1) is 0 Å². The van der Waals surface area contributed by atoms with Crippen molar-refractivity contribution in [1.29, 1.82) is 0 Å². The number of H-pyrrole nitrogens is 1. The number of fused-ring (bicyclic) bond motifs is 1. The SMILES string of the molecule is CN1CCC(OC(c2cccc(/C=C/CN=C(N)N)c2)c2nc3ccccc3[nH]2)CC1. The number of hydrogen-bond donors (Lipinski definition) is 3. The molecule has 1 unspecified atom stereocenters. The molecule has 0 bridgehead atoms.